The number of hydrogen-bond acceptors (Lipinski definition) is 6. The van der Waals surface area contributed by atoms with Gasteiger partial charge >= 0.3 is 5.97 Å². The number of rotatable bonds is 6. The first-order valence-corrected chi connectivity index (χ1v) is 12.4. The number of nitriles is 1. The number of likely N-dealkylation sites (N-methyl/N-ethyl adjacent to an activating group) is 1. The summed E-state index contributed by atoms with van der Waals surface area (Å²) in [5, 5.41) is 9.58. The Morgan fingerprint density at radius 1 is 1.12 bits per heavy atom. The van der Waals surface area contributed by atoms with E-state index in [0.717, 1.165) is 44.9 Å². The molecule has 6 aliphatic rings. The van der Waals surface area contributed by atoms with Crippen LogP contribution in [-0.2, 0) is 14.3 Å². The second-order valence-corrected chi connectivity index (χ2v) is 12.2. The molecule has 32 heavy (non-hydrogen) atoms. The molecular weight excluding hydrogens is 404 g/mol. The molecule has 5 saturated carbocycles. The fourth-order valence-electron chi connectivity index (χ4n) is 8.40. The van der Waals surface area contributed by atoms with Crippen molar-refractivity contribution in [3.8, 4) is 6.07 Å². The number of carbonyl (C=O) groups excluding carboxylic acids is 2. The predicted octanol–water partition coefficient (Wildman–Crippen LogP) is 2.30. The zero-order chi connectivity index (χ0) is 23.0. The van der Waals surface area contributed by atoms with Crippen molar-refractivity contribution in [3.63, 3.8) is 0 Å². The fourth-order valence-corrected chi connectivity index (χ4v) is 8.40. The van der Waals surface area contributed by atoms with Gasteiger partial charge in [0.1, 0.15) is 17.7 Å². The Labute approximate surface area is 191 Å². The Bertz CT molecular complexity index is 827. The van der Waals surface area contributed by atoms with Gasteiger partial charge in [-0.15, -0.1) is 0 Å². The number of carbonyl (C=O) groups is 2. The van der Waals surface area contributed by atoms with Crippen molar-refractivity contribution in [2.24, 2.45) is 34.8 Å². The number of nitrogens with zero attached hydrogens (tertiary/aromatic N) is 3. The third-order valence-electron chi connectivity index (χ3n) is 9.23. The predicted molar refractivity (Wildman–Crippen MR) is 119 cm³/mol. The van der Waals surface area contributed by atoms with Crippen molar-refractivity contribution in [3.05, 3.63) is 0 Å². The molecule has 1 amide bonds. The highest BCUT2D eigenvalue weighted by molar-refractivity contribution is 5.84. The van der Waals surface area contributed by atoms with Gasteiger partial charge in [0, 0.05) is 6.04 Å². The molecule has 0 radical (unpaired) electrons. The first-order chi connectivity index (χ1) is 15.1. The topological polar surface area (TPSA) is 99.7 Å². The summed E-state index contributed by atoms with van der Waals surface area (Å²) in [7, 11) is 3.85. The number of ether oxygens (including phenoxy) is 1. The van der Waals surface area contributed by atoms with E-state index < -0.39 is 11.6 Å². The first kappa shape index (κ1) is 22.2. The summed E-state index contributed by atoms with van der Waals surface area (Å²) < 4.78 is 6.37. The number of likely N-dealkylation sites (tertiary alicyclic amines) is 1. The van der Waals surface area contributed by atoms with Crippen LogP contribution >= 0.6 is 0 Å². The minimum Gasteiger partial charge on any atom is -0.458 e. The molecule has 0 aromatic heterocycles. The van der Waals surface area contributed by atoms with Crippen molar-refractivity contribution in [2.45, 2.75) is 95.0 Å². The Balaban J connectivity index is 1.38. The van der Waals surface area contributed by atoms with Crippen LogP contribution in [0.25, 0.3) is 0 Å². The molecule has 2 unspecified atom stereocenters. The maximum absolute atomic E-state index is 13.6. The zero-order valence-corrected chi connectivity index (χ0v) is 19.9. The Kier molecular flexibility index (Phi) is 5.14. The molecule has 0 aromatic carbocycles. The van der Waals surface area contributed by atoms with Gasteiger partial charge in [-0.05, 0) is 94.5 Å². The molecule has 6 rings (SSSR count). The number of esters is 1. The van der Waals surface area contributed by atoms with Crippen LogP contribution in [0.5, 0.6) is 0 Å². The molecular formula is C25H38N4O3. The van der Waals surface area contributed by atoms with E-state index in [1.54, 1.807) is 0 Å². The summed E-state index contributed by atoms with van der Waals surface area (Å²) in [6.45, 7) is 4.10. The highest BCUT2D eigenvalue weighted by atomic mass is 16.6. The molecule has 7 atom stereocenters. The zero-order valence-electron chi connectivity index (χ0n) is 19.9. The fraction of sp³-hybridized carbons (Fsp3) is 0.880. The highest BCUT2D eigenvalue weighted by Crippen LogP contribution is 2.64. The van der Waals surface area contributed by atoms with Crippen LogP contribution in [0, 0.1) is 40.4 Å². The summed E-state index contributed by atoms with van der Waals surface area (Å²) in [6, 6.07) is 1.32. The van der Waals surface area contributed by atoms with E-state index >= 15 is 0 Å². The van der Waals surface area contributed by atoms with Gasteiger partial charge in [0.25, 0.3) is 0 Å². The summed E-state index contributed by atoms with van der Waals surface area (Å²) in [5.74, 6) is 1.37. The normalized spacial score (nSPS) is 43.2. The van der Waals surface area contributed by atoms with E-state index in [2.05, 4.69) is 19.9 Å². The van der Waals surface area contributed by atoms with E-state index in [1.165, 1.54) is 0 Å². The van der Waals surface area contributed by atoms with E-state index in [0.29, 0.717) is 24.2 Å². The Morgan fingerprint density at radius 2 is 1.78 bits per heavy atom. The van der Waals surface area contributed by atoms with E-state index in [1.807, 2.05) is 23.9 Å². The van der Waals surface area contributed by atoms with Gasteiger partial charge in [-0.2, -0.15) is 5.26 Å². The van der Waals surface area contributed by atoms with E-state index in [9.17, 15) is 14.9 Å². The maximum Gasteiger partial charge on any atom is 0.324 e. The number of amides is 1. The lowest BCUT2D eigenvalue weighted by atomic mass is 9.46. The van der Waals surface area contributed by atoms with Crippen LogP contribution in [0.2, 0.25) is 0 Å². The number of nitrogens with two attached hydrogens (primary N) is 1. The molecule has 176 valence electrons. The summed E-state index contributed by atoms with van der Waals surface area (Å²) in [5.41, 5.74) is 5.97. The molecule has 1 heterocycles. The molecule has 0 aromatic rings. The summed E-state index contributed by atoms with van der Waals surface area (Å²) in [6.07, 6.45) is 7.31. The lowest BCUT2D eigenvalue weighted by molar-refractivity contribution is -0.210. The summed E-state index contributed by atoms with van der Waals surface area (Å²) >= 11 is 0. The number of fused-ring (bicyclic) bond motifs is 1. The molecule has 4 bridgehead atoms. The maximum atomic E-state index is 13.6. The Hall–Kier alpha value is -1.65. The van der Waals surface area contributed by atoms with Crippen LogP contribution < -0.4 is 5.73 Å². The molecule has 2 N–H and O–H groups in total. The van der Waals surface area contributed by atoms with Crippen molar-refractivity contribution < 1.29 is 14.3 Å². The lowest BCUT2D eigenvalue weighted by Crippen LogP contribution is -2.66. The van der Waals surface area contributed by atoms with Crippen LogP contribution in [0.4, 0.5) is 0 Å². The first-order valence-electron chi connectivity index (χ1n) is 12.4. The molecule has 7 nitrogen and oxygen atoms in total. The van der Waals surface area contributed by atoms with Gasteiger partial charge in [-0.1, -0.05) is 13.8 Å². The molecule has 5 aliphatic carbocycles. The monoisotopic (exact) mass is 442 g/mol. The van der Waals surface area contributed by atoms with Crippen LogP contribution in [-0.4, -0.2) is 65.5 Å². The SMILES string of the molecule is CC(C)[C@@H](C(=O)OC12CC3CC(C1)CC([C@H](N)C(=O)N1[C@H](C#N)C[C@@H]4C[C@@H]41)(C3)C2)N(C)C. The highest BCUT2D eigenvalue weighted by Gasteiger charge is 2.64. The lowest BCUT2D eigenvalue weighted by Gasteiger charge is -2.62. The van der Waals surface area contributed by atoms with E-state index in [4.69, 9.17) is 10.5 Å². The average Bonchev–Trinajstić information content (AvgIpc) is 3.34. The summed E-state index contributed by atoms with van der Waals surface area (Å²) in [4.78, 5) is 30.6. The molecule has 1 aliphatic heterocycles. The Morgan fingerprint density at radius 3 is 2.34 bits per heavy atom. The number of hydrogen-bond donors (Lipinski definition) is 1. The van der Waals surface area contributed by atoms with Crippen molar-refractivity contribution in [1.29, 1.82) is 5.26 Å². The minimum atomic E-state index is -0.614. The third kappa shape index (κ3) is 3.37. The van der Waals surface area contributed by atoms with Gasteiger partial charge in [0.15, 0.2) is 0 Å². The van der Waals surface area contributed by atoms with Crippen molar-refractivity contribution in [1.82, 2.24) is 9.80 Å². The van der Waals surface area contributed by atoms with Crippen LogP contribution in [0.3, 0.4) is 0 Å². The molecule has 1 saturated heterocycles. The minimum absolute atomic E-state index is 0.0432. The molecule has 6 fully saturated rings. The smallest absolute Gasteiger partial charge is 0.324 e. The van der Waals surface area contributed by atoms with Gasteiger partial charge in [-0.25, -0.2) is 0 Å². The van der Waals surface area contributed by atoms with Crippen molar-refractivity contribution in [2.75, 3.05) is 14.1 Å². The van der Waals surface area contributed by atoms with Gasteiger partial charge in [-0.3, -0.25) is 14.5 Å². The van der Waals surface area contributed by atoms with Gasteiger partial charge in [0.05, 0.1) is 12.1 Å². The average molecular weight is 443 g/mol. The third-order valence-corrected chi connectivity index (χ3v) is 9.23. The van der Waals surface area contributed by atoms with Gasteiger partial charge < -0.3 is 15.4 Å². The van der Waals surface area contributed by atoms with Crippen LogP contribution in [0.1, 0.15) is 65.2 Å². The molecule has 7 heteroatoms. The second kappa shape index (κ2) is 7.43. The van der Waals surface area contributed by atoms with Crippen LogP contribution in [0.15, 0.2) is 0 Å². The number of piperidine rings is 1. The largest absolute Gasteiger partial charge is 0.458 e. The van der Waals surface area contributed by atoms with E-state index in [-0.39, 0.29) is 41.3 Å². The standard InChI is InChI=1S/C25H38N4O3/c1-14(2)20(28(3)4)23(31)32-25-10-15-5-16(11-25)9-24(8-15,13-25)21(27)22(30)29-18(12-26)6-17-7-19(17)29/h14-21H,5-11,13,27H2,1-4H3/t15?,16?,17-,18+,19+,20+,21-,24?,25?/m1/s1. The quantitative estimate of drug-likeness (QED) is 0.634. The van der Waals surface area contributed by atoms with Crippen molar-refractivity contribution >= 4 is 11.9 Å². The molecule has 0 spiro atoms. The van der Waals surface area contributed by atoms with Gasteiger partial charge in [0.2, 0.25) is 5.91 Å². The second-order valence-electron chi connectivity index (χ2n) is 12.2.